The molecule has 0 aliphatic carbocycles. The number of rotatable bonds is 3. The van der Waals surface area contributed by atoms with Gasteiger partial charge in [0.2, 0.25) is 11.8 Å². The highest BCUT2D eigenvalue weighted by molar-refractivity contribution is 5.77. The molecule has 102 valence electrons. The van der Waals surface area contributed by atoms with E-state index < -0.39 is 0 Å². The molecule has 1 fully saturated rings. The molecule has 0 radical (unpaired) electrons. The van der Waals surface area contributed by atoms with Crippen LogP contribution in [-0.4, -0.2) is 69.1 Å². The summed E-state index contributed by atoms with van der Waals surface area (Å²) >= 11 is 0. The smallest absolute Gasteiger partial charge is 0.244 e. The summed E-state index contributed by atoms with van der Waals surface area (Å²) in [5.41, 5.74) is 0.203. The summed E-state index contributed by atoms with van der Waals surface area (Å²) in [5, 5.41) is 7.28. The van der Waals surface area contributed by atoms with Crippen molar-refractivity contribution in [1.29, 1.82) is 0 Å². The molecule has 0 unspecified atom stereocenters. The summed E-state index contributed by atoms with van der Waals surface area (Å²) in [5.74, 6) is -0.0652. The van der Waals surface area contributed by atoms with Gasteiger partial charge >= 0.3 is 0 Å². The van der Waals surface area contributed by atoms with Gasteiger partial charge in [0.1, 0.15) is 12.2 Å². The first kappa shape index (κ1) is 13.2. The van der Waals surface area contributed by atoms with Gasteiger partial charge in [0, 0.05) is 33.1 Å². The van der Waals surface area contributed by atoms with Crippen molar-refractivity contribution in [1.82, 2.24) is 24.8 Å². The second-order valence-corrected chi connectivity index (χ2v) is 4.35. The Bertz CT molecular complexity index is 490. The molecule has 2 amide bonds. The lowest BCUT2D eigenvalue weighted by Crippen LogP contribution is -2.50. The van der Waals surface area contributed by atoms with Crippen LogP contribution < -0.4 is 0 Å². The molecule has 1 saturated heterocycles. The third-order valence-corrected chi connectivity index (χ3v) is 3.05. The standard InChI is InChI=1S/C11H15N5O3/c1-9(18)14-2-4-15(5-3-14)11(19)7-16-6-10(8-17)12-13-16/h6,8H,2-5,7H2,1H3. The number of hydrogen-bond acceptors (Lipinski definition) is 5. The lowest BCUT2D eigenvalue weighted by atomic mass is 10.3. The molecule has 0 N–H and O–H groups in total. The first-order valence-electron chi connectivity index (χ1n) is 5.99. The van der Waals surface area contributed by atoms with E-state index in [4.69, 9.17) is 0 Å². The van der Waals surface area contributed by atoms with Gasteiger partial charge in [-0.15, -0.1) is 5.10 Å². The van der Waals surface area contributed by atoms with Crippen molar-refractivity contribution >= 4 is 18.1 Å². The summed E-state index contributed by atoms with van der Waals surface area (Å²) < 4.78 is 1.34. The molecule has 1 aliphatic rings. The van der Waals surface area contributed by atoms with Crippen LogP contribution in [0.15, 0.2) is 6.20 Å². The molecule has 1 aromatic heterocycles. The maximum Gasteiger partial charge on any atom is 0.244 e. The van der Waals surface area contributed by atoms with Crippen LogP contribution in [0.3, 0.4) is 0 Å². The molecule has 1 aromatic rings. The van der Waals surface area contributed by atoms with Crippen LogP contribution in [0.25, 0.3) is 0 Å². The van der Waals surface area contributed by atoms with Crippen molar-refractivity contribution in [3.63, 3.8) is 0 Å². The Balaban J connectivity index is 1.87. The molecule has 0 saturated carbocycles. The summed E-state index contributed by atoms with van der Waals surface area (Å²) in [4.78, 5) is 37.0. The molecule has 19 heavy (non-hydrogen) atoms. The van der Waals surface area contributed by atoms with Gasteiger partial charge in [-0.25, -0.2) is 4.68 Å². The SMILES string of the molecule is CC(=O)N1CCN(C(=O)Cn2cc(C=O)nn2)CC1. The average Bonchev–Trinajstić information content (AvgIpc) is 2.86. The molecule has 0 atom stereocenters. The van der Waals surface area contributed by atoms with Crippen LogP contribution in [0.4, 0.5) is 0 Å². The number of carbonyl (C=O) groups is 3. The van der Waals surface area contributed by atoms with Crippen LogP contribution >= 0.6 is 0 Å². The van der Waals surface area contributed by atoms with Gasteiger partial charge < -0.3 is 9.80 Å². The number of nitrogens with zero attached hydrogens (tertiary/aromatic N) is 5. The first-order chi connectivity index (χ1) is 9.10. The van der Waals surface area contributed by atoms with Gasteiger partial charge in [0.15, 0.2) is 6.29 Å². The lowest BCUT2D eigenvalue weighted by Gasteiger charge is -2.34. The number of amides is 2. The molecule has 8 heteroatoms. The number of carbonyl (C=O) groups excluding carboxylic acids is 3. The van der Waals surface area contributed by atoms with Gasteiger partial charge in [-0.1, -0.05) is 5.21 Å². The van der Waals surface area contributed by atoms with E-state index in [0.29, 0.717) is 32.5 Å². The first-order valence-corrected chi connectivity index (χ1v) is 5.99. The van der Waals surface area contributed by atoms with E-state index in [0.717, 1.165) is 0 Å². The van der Waals surface area contributed by atoms with E-state index in [-0.39, 0.29) is 24.1 Å². The average molecular weight is 265 g/mol. The molecule has 0 bridgehead atoms. The number of aldehydes is 1. The van der Waals surface area contributed by atoms with Crippen LogP contribution in [0, 0.1) is 0 Å². The number of piperazine rings is 1. The molecule has 0 spiro atoms. The van der Waals surface area contributed by atoms with Gasteiger partial charge in [-0.3, -0.25) is 14.4 Å². The minimum Gasteiger partial charge on any atom is -0.339 e. The molecule has 2 heterocycles. The van der Waals surface area contributed by atoms with Gasteiger partial charge in [-0.2, -0.15) is 0 Å². The fourth-order valence-electron chi connectivity index (χ4n) is 1.95. The predicted octanol–water partition coefficient (Wildman–Crippen LogP) is -1.22. The Kier molecular flexibility index (Phi) is 3.88. The van der Waals surface area contributed by atoms with Gasteiger partial charge in [-0.05, 0) is 0 Å². The summed E-state index contributed by atoms with van der Waals surface area (Å²) in [6.45, 7) is 3.73. The highest BCUT2D eigenvalue weighted by atomic mass is 16.2. The van der Waals surface area contributed by atoms with E-state index in [1.54, 1.807) is 9.80 Å². The van der Waals surface area contributed by atoms with Crippen molar-refractivity contribution in [2.75, 3.05) is 26.2 Å². The highest BCUT2D eigenvalue weighted by Crippen LogP contribution is 2.03. The Labute approximate surface area is 110 Å². The van der Waals surface area contributed by atoms with E-state index in [1.165, 1.54) is 17.8 Å². The minimum absolute atomic E-state index is 0.0269. The Hall–Kier alpha value is -2.25. The molecule has 1 aliphatic heterocycles. The number of hydrogen-bond donors (Lipinski definition) is 0. The number of aromatic nitrogens is 3. The minimum atomic E-state index is -0.0921. The van der Waals surface area contributed by atoms with E-state index in [9.17, 15) is 14.4 Å². The summed E-state index contributed by atoms with van der Waals surface area (Å²) in [6, 6.07) is 0. The molecular formula is C11H15N5O3. The Morgan fingerprint density at radius 2 is 1.89 bits per heavy atom. The van der Waals surface area contributed by atoms with E-state index in [2.05, 4.69) is 10.3 Å². The zero-order chi connectivity index (χ0) is 13.8. The van der Waals surface area contributed by atoms with E-state index in [1.807, 2.05) is 0 Å². The van der Waals surface area contributed by atoms with Crippen molar-refractivity contribution in [3.8, 4) is 0 Å². The zero-order valence-electron chi connectivity index (χ0n) is 10.7. The van der Waals surface area contributed by atoms with Gasteiger partial charge in [0.05, 0.1) is 6.20 Å². The van der Waals surface area contributed by atoms with Crippen LogP contribution in [0.2, 0.25) is 0 Å². The normalized spacial score (nSPS) is 15.4. The molecular weight excluding hydrogens is 250 g/mol. The predicted molar refractivity (Wildman–Crippen MR) is 64.2 cm³/mol. The maximum absolute atomic E-state index is 12.0. The highest BCUT2D eigenvalue weighted by Gasteiger charge is 2.22. The maximum atomic E-state index is 12.0. The van der Waals surface area contributed by atoms with Crippen LogP contribution in [0.1, 0.15) is 17.4 Å². The summed E-state index contributed by atoms with van der Waals surface area (Å²) in [7, 11) is 0. The van der Waals surface area contributed by atoms with Crippen molar-refractivity contribution in [2.45, 2.75) is 13.5 Å². The van der Waals surface area contributed by atoms with Crippen molar-refractivity contribution in [2.24, 2.45) is 0 Å². The second-order valence-electron chi connectivity index (χ2n) is 4.35. The van der Waals surface area contributed by atoms with Gasteiger partial charge in [0.25, 0.3) is 0 Å². The Morgan fingerprint density at radius 1 is 1.26 bits per heavy atom. The molecule has 8 nitrogen and oxygen atoms in total. The van der Waals surface area contributed by atoms with Crippen molar-refractivity contribution < 1.29 is 14.4 Å². The van der Waals surface area contributed by atoms with Crippen molar-refractivity contribution in [3.05, 3.63) is 11.9 Å². The lowest BCUT2D eigenvalue weighted by molar-refractivity contribution is -0.138. The zero-order valence-corrected chi connectivity index (χ0v) is 10.7. The summed E-state index contributed by atoms with van der Waals surface area (Å²) in [6.07, 6.45) is 2.01. The monoisotopic (exact) mass is 265 g/mol. The third-order valence-electron chi connectivity index (χ3n) is 3.05. The largest absolute Gasteiger partial charge is 0.339 e. The topological polar surface area (TPSA) is 88.4 Å². The second kappa shape index (κ2) is 5.59. The fraction of sp³-hybridized carbons (Fsp3) is 0.545. The van der Waals surface area contributed by atoms with E-state index >= 15 is 0 Å². The molecule has 2 rings (SSSR count). The fourth-order valence-corrected chi connectivity index (χ4v) is 1.95. The third kappa shape index (κ3) is 3.15. The molecule has 0 aromatic carbocycles. The van der Waals surface area contributed by atoms with Crippen LogP contribution in [0.5, 0.6) is 0 Å². The van der Waals surface area contributed by atoms with Crippen LogP contribution in [-0.2, 0) is 16.1 Å². The Morgan fingerprint density at radius 3 is 2.42 bits per heavy atom. The quantitative estimate of drug-likeness (QED) is 0.639.